The Labute approximate surface area is 216 Å². The van der Waals surface area contributed by atoms with Crippen LogP contribution >= 0.6 is 24.8 Å². The third kappa shape index (κ3) is 13.9. The second kappa shape index (κ2) is 18.9. The van der Waals surface area contributed by atoms with Crippen LogP contribution in [0.15, 0.2) is 53.5 Å². The predicted octanol–water partition coefficient (Wildman–Crippen LogP) is 5.98. The lowest BCUT2D eigenvalue weighted by Crippen LogP contribution is -2.21. The van der Waals surface area contributed by atoms with Crippen LogP contribution in [0.3, 0.4) is 0 Å². The van der Waals surface area contributed by atoms with Gasteiger partial charge < -0.3 is 27.8 Å². The molecule has 2 rings (SSSR count). The zero-order chi connectivity index (χ0) is 23.0. The lowest BCUT2D eigenvalue weighted by molar-refractivity contribution is -0.116. The number of nitrogens with zero attached hydrogens (tertiary/aromatic N) is 1. The van der Waals surface area contributed by atoms with E-state index in [0.29, 0.717) is 12.1 Å². The van der Waals surface area contributed by atoms with E-state index in [-0.39, 0.29) is 36.7 Å². The number of rotatable bonds is 15. The Balaban J connectivity index is 0.00000544. The monoisotopic (exact) mass is 510 g/mol. The first-order chi connectivity index (χ1) is 15.6. The van der Waals surface area contributed by atoms with Crippen molar-refractivity contribution in [3.63, 3.8) is 0 Å². The lowest BCUT2D eigenvalue weighted by Gasteiger charge is -2.09. The Hall–Kier alpha value is -2.48. The van der Waals surface area contributed by atoms with Gasteiger partial charge in [0.1, 0.15) is 0 Å². The standard InChI is InChI=1S/C25H38N6O.2ClH/c26-19-9-7-5-3-1-2-4-6-8-10-24(32)30-22-15-11-20(12-16-22)29-21-13-17-23(18-14-21)31-25(27)28;;/h11-18,29H,1-10,19,26H2,(H,30,32)(H4,27,28,31);2*1H. The summed E-state index contributed by atoms with van der Waals surface area (Å²) in [6.07, 6.45) is 11.4. The number of hydrogen-bond donors (Lipinski definition) is 5. The van der Waals surface area contributed by atoms with E-state index in [0.717, 1.165) is 42.9 Å². The van der Waals surface area contributed by atoms with Gasteiger partial charge in [-0.1, -0.05) is 44.9 Å². The number of aliphatic imine (C=N–C) groups is 1. The second-order valence-corrected chi connectivity index (χ2v) is 8.05. The fraction of sp³-hybridized carbons (Fsp3) is 0.440. The Bertz CT molecular complexity index is 824. The molecule has 0 aromatic heterocycles. The summed E-state index contributed by atoms with van der Waals surface area (Å²) in [6, 6.07) is 15.1. The van der Waals surface area contributed by atoms with Crippen LogP contribution in [0.4, 0.5) is 22.7 Å². The van der Waals surface area contributed by atoms with Crippen LogP contribution in [0.1, 0.15) is 64.2 Å². The number of halogens is 2. The van der Waals surface area contributed by atoms with E-state index in [1.165, 1.54) is 38.5 Å². The Kier molecular flexibility index (Phi) is 17.5. The first-order valence-electron chi connectivity index (χ1n) is 11.6. The van der Waals surface area contributed by atoms with Crippen LogP contribution < -0.4 is 27.8 Å². The molecule has 0 fully saturated rings. The van der Waals surface area contributed by atoms with E-state index in [9.17, 15) is 4.79 Å². The van der Waals surface area contributed by atoms with Crippen LogP contribution in [0.2, 0.25) is 0 Å². The summed E-state index contributed by atoms with van der Waals surface area (Å²) in [7, 11) is 0. The Morgan fingerprint density at radius 1 is 0.676 bits per heavy atom. The summed E-state index contributed by atoms with van der Waals surface area (Å²) in [6.45, 7) is 0.806. The van der Waals surface area contributed by atoms with Gasteiger partial charge in [-0.2, -0.15) is 0 Å². The average Bonchev–Trinajstić information content (AvgIpc) is 2.77. The maximum Gasteiger partial charge on any atom is 0.224 e. The van der Waals surface area contributed by atoms with Crippen molar-refractivity contribution in [1.82, 2.24) is 0 Å². The van der Waals surface area contributed by atoms with Crippen molar-refractivity contribution in [2.75, 3.05) is 17.2 Å². The molecule has 0 aliphatic heterocycles. The van der Waals surface area contributed by atoms with Crippen LogP contribution in [0.5, 0.6) is 0 Å². The molecule has 1 amide bonds. The molecular formula is C25H40Cl2N6O. The van der Waals surface area contributed by atoms with E-state index < -0.39 is 0 Å². The number of anilines is 3. The number of guanidine groups is 1. The molecule has 0 spiro atoms. The zero-order valence-electron chi connectivity index (χ0n) is 19.8. The molecule has 0 heterocycles. The maximum atomic E-state index is 12.2. The van der Waals surface area contributed by atoms with Gasteiger partial charge in [-0.3, -0.25) is 4.79 Å². The molecule has 9 heteroatoms. The molecule has 7 nitrogen and oxygen atoms in total. The molecule has 0 saturated heterocycles. The first-order valence-corrected chi connectivity index (χ1v) is 11.6. The summed E-state index contributed by atoms with van der Waals surface area (Å²) < 4.78 is 0. The highest BCUT2D eigenvalue weighted by molar-refractivity contribution is 5.90. The fourth-order valence-electron chi connectivity index (χ4n) is 3.46. The Morgan fingerprint density at radius 3 is 1.62 bits per heavy atom. The third-order valence-electron chi connectivity index (χ3n) is 5.19. The summed E-state index contributed by atoms with van der Waals surface area (Å²) in [4.78, 5) is 16.2. The van der Waals surface area contributed by atoms with Crippen LogP contribution in [0.25, 0.3) is 0 Å². The number of carbonyl (C=O) groups excluding carboxylic acids is 1. The van der Waals surface area contributed by atoms with Crippen molar-refractivity contribution in [1.29, 1.82) is 0 Å². The van der Waals surface area contributed by atoms with Crippen molar-refractivity contribution in [3.8, 4) is 0 Å². The molecule has 0 aliphatic carbocycles. The smallest absolute Gasteiger partial charge is 0.224 e. The van der Waals surface area contributed by atoms with Crippen molar-refractivity contribution >= 4 is 59.4 Å². The second-order valence-electron chi connectivity index (χ2n) is 8.05. The topological polar surface area (TPSA) is 132 Å². The van der Waals surface area contributed by atoms with Gasteiger partial charge in [0, 0.05) is 23.5 Å². The van der Waals surface area contributed by atoms with Gasteiger partial charge in [-0.15, -0.1) is 24.8 Å². The zero-order valence-corrected chi connectivity index (χ0v) is 21.4. The van der Waals surface area contributed by atoms with Gasteiger partial charge in [0.25, 0.3) is 0 Å². The van der Waals surface area contributed by atoms with E-state index in [2.05, 4.69) is 15.6 Å². The molecule has 0 unspecified atom stereocenters. The molecule has 34 heavy (non-hydrogen) atoms. The molecule has 0 aliphatic rings. The molecule has 0 atom stereocenters. The van der Waals surface area contributed by atoms with Crippen LogP contribution in [0, 0.1) is 0 Å². The molecule has 2 aromatic carbocycles. The minimum Gasteiger partial charge on any atom is -0.370 e. The van der Waals surface area contributed by atoms with E-state index in [1.54, 1.807) is 0 Å². The average molecular weight is 512 g/mol. The van der Waals surface area contributed by atoms with Crippen molar-refractivity contribution in [3.05, 3.63) is 48.5 Å². The maximum absolute atomic E-state index is 12.2. The molecule has 0 bridgehead atoms. The molecule has 8 N–H and O–H groups in total. The minimum absolute atomic E-state index is 0. The van der Waals surface area contributed by atoms with Crippen molar-refractivity contribution < 1.29 is 4.79 Å². The summed E-state index contributed by atoms with van der Waals surface area (Å²) in [5.74, 6) is 0.107. The number of nitrogens with one attached hydrogen (secondary N) is 2. The van der Waals surface area contributed by atoms with Gasteiger partial charge in [-0.25, -0.2) is 4.99 Å². The van der Waals surface area contributed by atoms with E-state index in [1.807, 2.05) is 48.5 Å². The molecule has 0 radical (unpaired) electrons. The van der Waals surface area contributed by atoms with E-state index in [4.69, 9.17) is 17.2 Å². The summed E-state index contributed by atoms with van der Waals surface area (Å²) in [5.41, 5.74) is 19.6. The fourth-order valence-corrected chi connectivity index (χ4v) is 3.46. The number of amides is 1. The first kappa shape index (κ1) is 31.5. The third-order valence-corrected chi connectivity index (χ3v) is 5.19. The van der Waals surface area contributed by atoms with Crippen LogP contribution in [-0.4, -0.2) is 18.4 Å². The number of carbonyl (C=O) groups is 1. The number of hydrogen-bond acceptors (Lipinski definition) is 4. The highest BCUT2D eigenvalue weighted by Gasteiger charge is 2.03. The normalized spacial score (nSPS) is 9.91. The summed E-state index contributed by atoms with van der Waals surface area (Å²) in [5, 5.41) is 6.28. The molecular weight excluding hydrogens is 471 g/mol. The quantitative estimate of drug-likeness (QED) is 0.114. The summed E-state index contributed by atoms with van der Waals surface area (Å²) >= 11 is 0. The predicted molar refractivity (Wildman–Crippen MR) is 150 cm³/mol. The largest absolute Gasteiger partial charge is 0.370 e. The van der Waals surface area contributed by atoms with Crippen molar-refractivity contribution in [2.45, 2.75) is 64.2 Å². The van der Waals surface area contributed by atoms with Crippen LogP contribution in [-0.2, 0) is 4.79 Å². The Morgan fingerprint density at radius 2 is 1.12 bits per heavy atom. The highest BCUT2D eigenvalue weighted by atomic mass is 35.5. The van der Waals surface area contributed by atoms with Gasteiger partial charge in [-0.05, 0) is 67.9 Å². The molecule has 0 saturated carbocycles. The highest BCUT2D eigenvalue weighted by Crippen LogP contribution is 2.22. The number of nitrogens with two attached hydrogens (primary N) is 3. The molecule has 2 aromatic rings. The minimum atomic E-state index is 0. The van der Waals surface area contributed by atoms with Crippen molar-refractivity contribution in [2.24, 2.45) is 22.2 Å². The van der Waals surface area contributed by atoms with Gasteiger partial charge in [0.15, 0.2) is 5.96 Å². The van der Waals surface area contributed by atoms with E-state index >= 15 is 0 Å². The van der Waals surface area contributed by atoms with Gasteiger partial charge in [0.2, 0.25) is 5.91 Å². The van der Waals surface area contributed by atoms with Gasteiger partial charge in [0.05, 0.1) is 5.69 Å². The lowest BCUT2D eigenvalue weighted by atomic mass is 10.1. The number of unbranched alkanes of at least 4 members (excludes halogenated alkanes) is 8. The SMILES string of the molecule is Cl.Cl.NCCCCCCCCCCCC(=O)Nc1ccc(Nc2ccc(N=C(N)N)cc2)cc1. The number of benzene rings is 2. The van der Waals surface area contributed by atoms with Gasteiger partial charge >= 0.3 is 0 Å². The molecule has 190 valence electrons.